The highest BCUT2D eigenvalue weighted by Gasteiger charge is 2.01. The van der Waals surface area contributed by atoms with Crippen LogP contribution in [0.1, 0.15) is 23.2 Å². The van der Waals surface area contributed by atoms with E-state index in [0.29, 0.717) is 6.61 Å². The van der Waals surface area contributed by atoms with Crippen LogP contribution in [-0.2, 0) is 13.0 Å². The molecule has 2 aromatic rings. The number of thiazole rings is 1. The molecule has 0 radical (unpaired) electrons. The van der Waals surface area contributed by atoms with Gasteiger partial charge in [0.15, 0.2) is 0 Å². The molecule has 0 fully saturated rings. The van der Waals surface area contributed by atoms with Gasteiger partial charge in [-0.15, -0.1) is 11.3 Å². The van der Waals surface area contributed by atoms with Gasteiger partial charge in [0.2, 0.25) is 0 Å². The lowest BCUT2D eigenvalue weighted by Gasteiger charge is -2.03. The predicted octanol–water partition coefficient (Wildman–Crippen LogP) is 3.59. The molecular formula is C13H15NOS. The van der Waals surface area contributed by atoms with Gasteiger partial charge in [-0.05, 0) is 25.5 Å². The molecular weight excluding hydrogens is 218 g/mol. The van der Waals surface area contributed by atoms with Crippen LogP contribution in [0.2, 0.25) is 0 Å². The van der Waals surface area contributed by atoms with E-state index in [1.54, 1.807) is 11.3 Å². The molecule has 0 aliphatic rings. The molecule has 2 nitrogen and oxygen atoms in total. The summed E-state index contributed by atoms with van der Waals surface area (Å²) in [4.78, 5) is 4.45. The molecule has 0 saturated carbocycles. The molecule has 84 valence electrons. The van der Waals surface area contributed by atoms with Gasteiger partial charge in [-0.2, -0.15) is 0 Å². The molecule has 0 atom stereocenters. The summed E-state index contributed by atoms with van der Waals surface area (Å²) in [6.45, 7) is 4.74. The molecule has 3 heteroatoms. The van der Waals surface area contributed by atoms with Crippen LogP contribution < -0.4 is 4.74 Å². The zero-order valence-electron chi connectivity index (χ0n) is 9.56. The third kappa shape index (κ3) is 2.83. The summed E-state index contributed by atoms with van der Waals surface area (Å²) in [5.74, 6) is 0.900. The van der Waals surface area contributed by atoms with Crippen molar-refractivity contribution in [3.63, 3.8) is 0 Å². The molecule has 1 heterocycles. The summed E-state index contributed by atoms with van der Waals surface area (Å²) in [6, 6.07) is 8.08. The van der Waals surface area contributed by atoms with Gasteiger partial charge < -0.3 is 4.74 Å². The van der Waals surface area contributed by atoms with Gasteiger partial charge in [0.1, 0.15) is 12.4 Å². The summed E-state index contributed by atoms with van der Waals surface area (Å²) in [5.41, 5.74) is 2.26. The molecule has 0 saturated heterocycles. The third-order valence-electron chi connectivity index (χ3n) is 2.31. The van der Waals surface area contributed by atoms with Gasteiger partial charge in [-0.25, -0.2) is 4.98 Å². The second kappa shape index (κ2) is 5.12. The van der Waals surface area contributed by atoms with Crippen molar-refractivity contribution in [3.05, 3.63) is 45.9 Å². The number of aryl methyl sites for hydroxylation is 2. The molecule has 0 spiro atoms. The van der Waals surface area contributed by atoms with Crippen molar-refractivity contribution in [2.24, 2.45) is 0 Å². The normalized spacial score (nSPS) is 10.4. The maximum absolute atomic E-state index is 5.65. The first kappa shape index (κ1) is 11.1. The van der Waals surface area contributed by atoms with E-state index in [1.165, 1.54) is 10.6 Å². The lowest BCUT2D eigenvalue weighted by atomic mass is 10.2. The third-order valence-corrected chi connectivity index (χ3v) is 3.35. The van der Waals surface area contributed by atoms with Crippen molar-refractivity contribution in [3.8, 4) is 5.75 Å². The topological polar surface area (TPSA) is 22.1 Å². The second-order valence-electron chi connectivity index (χ2n) is 3.69. The Labute approximate surface area is 99.9 Å². The molecule has 0 amide bonds. The van der Waals surface area contributed by atoms with Crippen molar-refractivity contribution >= 4 is 11.3 Å². The van der Waals surface area contributed by atoms with Crippen molar-refractivity contribution in [2.45, 2.75) is 26.9 Å². The summed E-state index contributed by atoms with van der Waals surface area (Å²) < 4.78 is 5.65. The second-order valence-corrected chi connectivity index (χ2v) is 4.63. The van der Waals surface area contributed by atoms with Gasteiger partial charge >= 0.3 is 0 Å². The van der Waals surface area contributed by atoms with Crippen LogP contribution in [0.5, 0.6) is 5.75 Å². The quantitative estimate of drug-likeness (QED) is 0.805. The predicted molar refractivity (Wildman–Crippen MR) is 67.0 cm³/mol. The SMILES string of the molecule is CCc1nc(COc2ccc(C)cc2)cs1. The fraction of sp³-hybridized carbons (Fsp3) is 0.308. The van der Waals surface area contributed by atoms with Crippen molar-refractivity contribution < 1.29 is 4.74 Å². The maximum atomic E-state index is 5.65. The van der Waals surface area contributed by atoms with Crippen LogP contribution in [0.25, 0.3) is 0 Å². The van der Waals surface area contributed by atoms with Crippen LogP contribution >= 0.6 is 11.3 Å². The van der Waals surface area contributed by atoms with Crippen LogP contribution in [0.4, 0.5) is 0 Å². The largest absolute Gasteiger partial charge is 0.487 e. The Morgan fingerprint density at radius 3 is 2.62 bits per heavy atom. The van der Waals surface area contributed by atoms with Gasteiger partial charge in [0.25, 0.3) is 0 Å². The van der Waals surface area contributed by atoms with E-state index in [4.69, 9.17) is 4.74 Å². The first-order valence-electron chi connectivity index (χ1n) is 5.40. The smallest absolute Gasteiger partial charge is 0.131 e. The van der Waals surface area contributed by atoms with E-state index in [-0.39, 0.29) is 0 Å². The molecule has 0 bridgehead atoms. The molecule has 0 N–H and O–H groups in total. The molecule has 0 aliphatic carbocycles. The minimum absolute atomic E-state index is 0.555. The highest BCUT2D eigenvalue weighted by molar-refractivity contribution is 7.09. The van der Waals surface area contributed by atoms with Crippen molar-refractivity contribution in [2.75, 3.05) is 0 Å². The monoisotopic (exact) mass is 233 g/mol. The average molecular weight is 233 g/mol. The number of benzene rings is 1. The molecule has 0 unspecified atom stereocenters. The zero-order chi connectivity index (χ0) is 11.4. The van der Waals surface area contributed by atoms with Crippen LogP contribution in [-0.4, -0.2) is 4.98 Å². The minimum Gasteiger partial charge on any atom is -0.487 e. The van der Waals surface area contributed by atoms with E-state index in [1.807, 2.05) is 24.3 Å². The summed E-state index contributed by atoms with van der Waals surface area (Å²) in [6.07, 6.45) is 0.995. The first-order chi connectivity index (χ1) is 7.78. The summed E-state index contributed by atoms with van der Waals surface area (Å²) in [5, 5.41) is 3.23. The van der Waals surface area contributed by atoms with E-state index in [9.17, 15) is 0 Å². The van der Waals surface area contributed by atoms with E-state index >= 15 is 0 Å². The fourth-order valence-corrected chi connectivity index (χ4v) is 2.10. The number of nitrogens with zero attached hydrogens (tertiary/aromatic N) is 1. The number of aromatic nitrogens is 1. The van der Waals surface area contributed by atoms with Gasteiger partial charge in [-0.1, -0.05) is 24.6 Å². The molecule has 1 aromatic heterocycles. The van der Waals surface area contributed by atoms with E-state index in [2.05, 4.69) is 24.2 Å². The fourth-order valence-electron chi connectivity index (χ4n) is 1.37. The van der Waals surface area contributed by atoms with Crippen LogP contribution in [0, 0.1) is 6.92 Å². The van der Waals surface area contributed by atoms with Gasteiger partial charge in [0.05, 0.1) is 10.7 Å². The molecule has 1 aromatic carbocycles. The number of rotatable bonds is 4. The van der Waals surface area contributed by atoms with Gasteiger partial charge in [0, 0.05) is 5.38 Å². The maximum Gasteiger partial charge on any atom is 0.131 e. The zero-order valence-corrected chi connectivity index (χ0v) is 10.4. The molecule has 0 aliphatic heterocycles. The molecule has 16 heavy (non-hydrogen) atoms. The Kier molecular flexibility index (Phi) is 3.57. The summed E-state index contributed by atoms with van der Waals surface area (Å²) in [7, 11) is 0. The standard InChI is InChI=1S/C13H15NOS/c1-3-13-14-11(9-16-13)8-15-12-6-4-10(2)5-7-12/h4-7,9H,3,8H2,1-2H3. The Hall–Kier alpha value is -1.35. The average Bonchev–Trinajstić information content (AvgIpc) is 2.76. The van der Waals surface area contributed by atoms with E-state index in [0.717, 1.165) is 17.9 Å². The lowest BCUT2D eigenvalue weighted by molar-refractivity contribution is 0.302. The van der Waals surface area contributed by atoms with Crippen molar-refractivity contribution in [1.29, 1.82) is 0 Å². The Bertz CT molecular complexity index is 447. The van der Waals surface area contributed by atoms with Crippen molar-refractivity contribution in [1.82, 2.24) is 4.98 Å². The Morgan fingerprint density at radius 2 is 2.00 bits per heavy atom. The van der Waals surface area contributed by atoms with Crippen LogP contribution in [0.3, 0.4) is 0 Å². The Balaban J connectivity index is 1.94. The highest BCUT2D eigenvalue weighted by Crippen LogP contribution is 2.15. The molecule has 2 rings (SSSR count). The Morgan fingerprint density at radius 1 is 1.25 bits per heavy atom. The van der Waals surface area contributed by atoms with Gasteiger partial charge in [-0.3, -0.25) is 0 Å². The summed E-state index contributed by atoms with van der Waals surface area (Å²) >= 11 is 1.70. The first-order valence-corrected chi connectivity index (χ1v) is 6.28. The highest BCUT2D eigenvalue weighted by atomic mass is 32.1. The number of hydrogen-bond acceptors (Lipinski definition) is 3. The number of ether oxygens (including phenoxy) is 1. The van der Waals surface area contributed by atoms with Crippen LogP contribution in [0.15, 0.2) is 29.6 Å². The lowest BCUT2D eigenvalue weighted by Crippen LogP contribution is -1.95. The number of hydrogen-bond donors (Lipinski definition) is 0. The minimum atomic E-state index is 0.555. The van der Waals surface area contributed by atoms with E-state index < -0.39 is 0 Å².